The van der Waals surface area contributed by atoms with Crippen LogP contribution in [0.3, 0.4) is 0 Å². The van der Waals surface area contributed by atoms with Gasteiger partial charge < -0.3 is 4.98 Å². The zero-order valence-electron chi connectivity index (χ0n) is 16.0. The number of pyridine rings is 1. The SMILES string of the molecule is CCc1ncc(CN2CCC[C@@H](c3cc(=O)[nH]c(-c4ccccn4)n3)C2)cn1. The third kappa shape index (κ3) is 4.31. The Morgan fingerprint density at radius 3 is 2.82 bits per heavy atom. The lowest BCUT2D eigenvalue weighted by molar-refractivity contribution is 0.198. The first kappa shape index (κ1) is 18.4. The summed E-state index contributed by atoms with van der Waals surface area (Å²) in [5, 5.41) is 0. The van der Waals surface area contributed by atoms with E-state index in [0.717, 1.165) is 56.0 Å². The van der Waals surface area contributed by atoms with Crippen molar-refractivity contribution in [1.82, 2.24) is 29.8 Å². The number of piperidine rings is 1. The molecule has 0 saturated carbocycles. The van der Waals surface area contributed by atoms with Crippen molar-refractivity contribution in [2.24, 2.45) is 0 Å². The maximum atomic E-state index is 12.2. The number of nitrogens with one attached hydrogen (secondary N) is 1. The van der Waals surface area contributed by atoms with Crippen molar-refractivity contribution in [1.29, 1.82) is 0 Å². The van der Waals surface area contributed by atoms with E-state index in [-0.39, 0.29) is 11.5 Å². The highest BCUT2D eigenvalue weighted by atomic mass is 16.1. The van der Waals surface area contributed by atoms with Gasteiger partial charge in [0, 0.05) is 55.6 Å². The lowest BCUT2D eigenvalue weighted by Gasteiger charge is -2.32. The van der Waals surface area contributed by atoms with Gasteiger partial charge in [0.25, 0.3) is 5.56 Å². The second kappa shape index (κ2) is 8.39. The number of hydrogen-bond acceptors (Lipinski definition) is 6. The number of nitrogens with zero attached hydrogens (tertiary/aromatic N) is 5. The van der Waals surface area contributed by atoms with Crippen LogP contribution in [0.15, 0.2) is 47.7 Å². The minimum absolute atomic E-state index is 0.133. The number of aromatic amines is 1. The summed E-state index contributed by atoms with van der Waals surface area (Å²) in [7, 11) is 0. The molecule has 144 valence electrons. The molecule has 7 heteroatoms. The van der Waals surface area contributed by atoms with Crippen LogP contribution in [0, 0.1) is 0 Å². The summed E-state index contributed by atoms with van der Waals surface area (Å²) < 4.78 is 0. The van der Waals surface area contributed by atoms with Crippen LogP contribution in [0.4, 0.5) is 0 Å². The molecule has 3 aromatic rings. The van der Waals surface area contributed by atoms with Crippen molar-refractivity contribution in [3.05, 3.63) is 70.3 Å². The van der Waals surface area contributed by atoms with Gasteiger partial charge in [-0.3, -0.25) is 14.7 Å². The third-order valence-electron chi connectivity index (χ3n) is 5.07. The monoisotopic (exact) mass is 376 g/mol. The average Bonchev–Trinajstić information content (AvgIpc) is 2.75. The number of aromatic nitrogens is 5. The summed E-state index contributed by atoms with van der Waals surface area (Å²) in [6.45, 7) is 4.77. The number of H-pyrrole nitrogens is 1. The Labute approximate surface area is 163 Å². The molecule has 1 N–H and O–H groups in total. The van der Waals surface area contributed by atoms with E-state index in [1.54, 1.807) is 12.3 Å². The van der Waals surface area contributed by atoms with Crippen LogP contribution in [0.25, 0.3) is 11.5 Å². The summed E-state index contributed by atoms with van der Waals surface area (Å²) in [6.07, 6.45) is 8.49. The molecule has 4 rings (SSSR count). The summed E-state index contributed by atoms with van der Waals surface area (Å²) in [5.41, 5.74) is 2.51. The van der Waals surface area contributed by atoms with E-state index in [2.05, 4.69) is 31.8 Å². The van der Waals surface area contributed by atoms with Crippen molar-refractivity contribution >= 4 is 0 Å². The van der Waals surface area contributed by atoms with Gasteiger partial charge in [-0.05, 0) is 31.5 Å². The second-order valence-electron chi connectivity index (χ2n) is 7.17. The molecule has 1 aliphatic heterocycles. The van der Waals surface area contributed by atoms with Gasteiger partial charge >= 0.3 is 0 Å². The molecular weight excluding hydrogens is 352 g/mol. The highest BCUT2D eigenvalue weighted by Crippen LogP contribution is 2.26. The highest BCUT2D eigenvalue weighted by Gasteiger charge is 2.23. The molecule has 0 aliphatic carbocycles. The van der Waals surface area contributed by atoms with Crippen LogP contribution in [0.5, 0.6) is 0 Å². The number of rotatable bonds is 5. The van der Waals surface area contributed by atoms with E-state index in [1.165, 1.54) is 0 Å². The second-order valence-corrected chi connectivity index (χ2v) is 7.17. The molecule has 0 radical (unpaired) electrons. The fraction of sp³-hybridized carbons (Fsp3) is 0.381. The Morgan fingerprint density at radius 2 is 2.07 bits per heavy atom. The maximum Gasteiger partial charge on any atom is 0.251 e. The average molecular weight is 376 g/mol. The molecule has 1 atom stereocenters. The van der Waals surface area contributed by atoms with Crippen LogP contribution in [-0.4, -0.2) is 42.9 Å². The molecule has 1 fully saturated rings. The molecule has 28 heavy (non-hydrogen) atoms. The van der Waals surface area contributed by atoms with Crippen LogP contribution >= 0.6 is 0 Å². The Kier molecular flexibility index (Phi) is 5.53. The van der Waals surface area contributed by atoms with Crippen molar-refractivity contribution in [2.75, 3.05) is 13.1 Å². The zero-order valence-corrected chi connectivity index (χ0v) is 16.0. The Hall–Kier alpha value is -2.93. The first-order valence-corrected chi connectivity index (χ1v) is 9.76. The lowest BCUT2D eigenvalue weighted by Crippen LogP contribution is -2.34. The summed E-state index contributed by atoms with van der Waals surface area (Å²) >= 11 is 0. The van der Waals surface area contributed by atoms with Crippen molar-refractivity contribution in [2.45, 2.75) is 38.6 Å². The Balaban J connectivity index is 1.51. The molecule has 0 aromatic carbocycles. The molecule has 7 nitrogen and oxygen atoms in total. The normalized spacial score (nSPS) is 17.5. The Morgan fingerprint density at radius 1 is 1.21 bits per heavy atom. The van der Waals surface area contributed by atoms with E-state index in [9.17, 15) is 4.79 Å². The number of likely N-dealkylation sites (tertiary alicyclic amines) is 1. The van der Waals surface area contributed by atoms with Crippen LogP contribution < -0.4 is 5.56 Å². The summed E-state index contributed by atoms with van der Waals surface area (Å²) in [4.78, 5) is 35.2. The van der Waals surface area contributed by atoms with Gasteiger partial charge in [0.2, 0.25) is 0 Å². The summed E-state index contributed by atoms with van der Waals surface area (Å²) in [5.74, 6) is 1.63. The number of hydrogen-bond donors (Lipinski definition) is 1. The van der Waals surface area contributed by atoms with Crippen molar-refractivity contribution in [3.8, 4) is 11.5 Å². The fourth-order valence-electron chi connectivity index (χ4n) is 3.65. The van der Waals surface area contributed by atoms with Crippen LogP contribution in [0.1, 0.15) is 42.8 Å². The zero-order chi connectivity index (χ0) is 19.3. The van der Waals surface area contributed by atoms with Crippen LogP contribution in [-0.2, 0) is 13.0 Å². The van der Waals surface area contributed by atoms with Gasteiger partial charge in [-0.2, -0.15) is 0 Å². The molecule has 0 unspecified atom stereocenters. The molecule has 0 amide bonds. The van der Waals surface area contributed by atoms with Crippen molar-refractivity contribution in [3.63, 3.8) is 0 Å². The van der Waals surface area contributed by atoms with Crippen LogP contribution in [0.2, 0.25) is 0 Å². The molecule has 4 heterocycles. The fourth-order valence-corrected chi connectivity index (χ4v) is 3.65. The minimum atomic E-state index is -0.133. The predicted molar refractivity (Wildman–Crippen MR) is 107 cm³/mol. The molecule has 1 aliphatic rings. The quantitative estimate of drug-likeness (QED) is 0.736. The predicted octanol–water partition coefficient (Wildman–Crippen LogP) is 2.56. The smallest absolute Gasteiger partial charge is 0.251 e. The standard InChI is InChI=1S/C21H24N6O/c1-2-19-23-11-15(12-24-19)13-27-9-5-6-16(14-27)18-10-20(28)26-21(25-18)17-7-3-4-8-22-17/h3-4,7-8,10-12,16H,2,5-6,9,13-14H2,1H3,(H,25,26,28)/t16-/m1/s1. The maximum absolute atomic E-state index is 12.2. The highest BCUT2D eigenvalue weighted by molar-refractivity contribution is 5.48. The van der Waals surface area contributed by atoms with E-state index < -0.39 is 0 Å². The molecule has 0 bridgehead atoms. The largest absolute Gasteiger partial charge is 0.305 e. The first-order valence-electron chi connectivity index (χ1n) is 9.76. The third-order valence-corrected chi connectivity index (χ3v) is 5.07. The van der Waals surface area contributed by atoms with E-state index in [4.69, 9.17) is 4.98 Å². The molecule has 3 aromatic heterocycles. The minimum Gasteiger partial charge on any atom is -0.305 e. The molecular formula is C21H24N6O. The van der Waals surface area contributed by atoms with Gasteiger partial charge in [-0.1, -0.05) is 13.0 Å². The van der Waals surface area contributed by atoms with E-state index >= 15 is 0 Å². The Bertz CT molecular complexity index is 970. The van der Waals surface area contributed by atoms with Gasteiger partial charge in [0.15, 0.2) is 5.82 Å². The topological polar surface area (TPSA) is 87.7 Å². The van der Waals surface area contributed by atoms with Gasteiger partial charge in [-0.25, -0.2) is 15.0 Å². The lowest BCUT2D eigenvalue weighted by atomic mass is 9.94. The first-order chi connectivity index (χ1) is 13.7. The van der Waals surface area contributed by atoms with E-state index in [0.29, 0.717) is 11.5 Å². The summed E-state index contributed by atoms with van der Waals surface area (Å²) in [6, 6.07) is 7.22. The van der Waals surface area contributed by atoms with Crippen molar-refractivity contribution < 1.29 is 0 Å². The molecule has 1 saturated heterocycles. The number of aryl methyl sites for hydroxylation is 1. The molecule has 0 spiro atoms. The van der Waals surface area contributed by atoms with Gasteiger partial charge in [0.1, 0.15) is 11.5 Å². The van der Waals surface area contributed by atoms with Gasteiger partial charge in [-0.15, -0.1) is 0 Å². The van der Waals surface area contributed by atoms with E-state index in [1.807, 2.05) is 30.6 Å². The van der Waals surface area contributed by atoms with Gasteiger partial charge in [0.05, 0.1) is 5.69 Å².